The first-order valence-electron chi connectivity index (χ1n) is 2.81. The van der Waals surface area contributed by atoms with Crippen molar-refractivity contribution in [1.29, 1.82) is 0 Å². The van der Waals surface area contributed by atoms with Gasteiger partial charge in [0.2, 0.25) is 0 Å². The lowest BCUT2D eigenvalue weighted by Crippen LogP contribution is -2.20. The summed E-state index contributed by atoms with van der Waals surface area (Å²) in [5.74, 6) is 1.45. The summed E-state index contributed by atoms with van der Waals surface area (Å²) >= 11 is 0. The molecule has 3 heteroatoms. The number of carbonyl (C=O) groups excluding carboxylic acids is 1. The van der Waals surface area contributed by atoms with Gasteiger partial charge in [0, 0.05) is 6.54 Å². The highest BCUT2D eigenvalue weighted by atomic mass is 16.2. The van der Waals surface area contributed by atoms with E-state index < -0.39 is 5.91 Å². The van der Waals surface area contributed by atoms with Crippen LogP contribution in [0, 0.1) is 12.3 Å². The molecule has 0 aliphatic rings. The minimum absolute atomic E-state index is 0.0219. The molecule has 54 valence electrons. The molecule has 0 fully saturated rings. The SMILES string of the molecule is C#CC(=O)NC/C=C\CO. The molecule has 0 heterocycles. The van der Waals surface area contributed by atoms with E-state index in [1.165, 1.54) is 6.08 Å². The van der Waals surface area contributed by atoms with Crippen LogP contribution >= 0.6 is 0 Å². The number of hydrogen-bond donors (Lipinski definition) is 2. The Morgan fingerprint density at radius 1 is 1.70 bits per heavy atom. The zero-order valence-corrected chi connectivity index (χ0v) is 5.50. The predicted molar refractivity (Wildman–Crippen MR) is 38.1 cm³/mol. The largest absolute Gasteiger partial charge is 0.392 e. The van der Waals surface area contributed by atoms with Crippen LogP contribution in [0.2, 0.25) is 0 Å². The summed E-state index contributed by atoms with van der Waals surface area (Å²) in [6.07, 6.45) is 7.90. The molecule has 0 saturated carbocycles. The van der Waals surface area contributed by atoms with E-state index in [1.807, 2.05) is 5.92 Å². The number of hydrogen-bond acceptors (Lipinski definition) is 2. The normalized spacial score (nSPS) is 9.20. The summed E-state index contributed by atoms with van der Waals surface area (Å²) in [6.45, 7) is 0.343. The molecule has 0 unspecified atom stereocenters. The number of nitrogens with one attached hydrogen (secondary N) is 1. The van der Waals surface area contributed by atoms with Crippen molar-refractivity contribution < 1.29 is 9.90 Å². The van der Waals surface area contributed by atoms with Gasteiger partial charge < -0.3 is 10.4 Å². The first kappa shape index (κ1) is 8.73. The highest BCUT2D eigenvalue weighted by Gasteiger charge is 1.87. The van der Waals surface area contributed by atoms with Crippen LogP contribution in [-0.2, 0) is 4.79 Å². The molecule has 0 aliphatic heterocycles. The van der Waals surface area contributed by atoms with Crippen LogP contribution in [0.25, 0.3) is 0 Å². The minimum atomic E-state index is -0.442. The molecule has 0 aromatic carbocycles. The molecule has 0 radical (unpaired) electrons. The topological polar surface area (TPSA) is 49.3 Å². The van der Waals surface area contributed by atoms with Crippen molar-refractivity contribution in [1.82, 2.24) is 5.32 Å². The van der Waals surface area contributed by atoms with Crippen molar-refractivity contribution in [3.63, 3.8) is 0 Å². The summed E-state index contributed by atoms with van der Waals surface area (Å²) in [6, 6.07) is 0. The van der Waals surface area contributed by atoms with E-state index in [0.717, 1.165) is 0 Å². The maximum absolute atomic E-state index is 10.3. The fourth-order valence-corrected chi connectivity index (χ4v) is 0.361. The van der Waals surface area contributed by atoms with Gasteiger partial charge in [0.1, 0.15) is 0 Å². The van der Waals surface area contributed by atoms with Gasteiger partial charge in [0.05, 0.1) is 6.61 Å². The van der Waals surface area contributed by atoms with Crippen LogP contribution in [0.15, 0.2) is 12.2 Å². The molecule has 0 aliphatic carbocycles. The second-order valence-electron chi connectivity index (χ2n) is 1.51. The molecule has 0 saturated heterocycles. The van der Waals surface area contributed by atoms with Gasteiger partial charge in [0.15, 0.2) is 0 Å². The summed E-state index contributed by atoms with van der Waals surface area (Å²) in [7, 11) is 0. The maximum Gasteiger partial charge on any atom is 0.295 e. The zero-order valence-electron chi connectivity index (χ0n) is 5.50. The number of aliphatic hydroxyl groups is 1. The Morgan fingerprint density at radius 2 is 2.40 bits per heavy atom. The molecule has 0 bridgehead atoms. The lowest BCUT2D eigenvalue weighted by Gasteiger charge is -1.91. The van der Waals surface area contributed by atoms with Gasteiger partial charge in [-0.15, -0.1) is 6.42 Å². The number of rotatable bonds is 3. The van der Waals surface area contributed by atoms with Crippen LogP contribution in [0.3, 0.4) is 0 Å². The Bertz CT molecular complexity index is 167. The molecule has 2 N–H and O–H groups in total. The average Bonchev–Trinajstić information content (AvgIpc) is 1.98. The van der Waals surface area contributed by atoms with E-state index in [9.17, 15) is 4.79 Å². The molecule has 3 nitrogen and oxygen atoms in total. The maximum atomic E-state index is 10.3. The number of terminal acetylenes is 1. The molecule has 1 amide bonds. The highest BCUT2D eigenvalue weighted by molar-refractivity contribution is 5.92. The van der Waals surface area contributed by atoms with Crippen LogP contribution in [-0.4, -0.2) is 24.2 Å². The fourth-order valence-electron chi connectivity index (χ4n) is 0.361. The summed E-state index contributed by atoms with van der Waals surface area (Å²) in [4.78, 5) is 10.3. The third-order valence-electron chi connectivity index (χ3n) is 0.784. The highest BCUT2D eigenvalue weighted by Crippen LogP contribution is 1.67. The first-order valence-corrected chi connectivity index (χ1v) is 2.81. The summed E-state index contributed by atoms with van der Waals surface area (Å²) in [5, 5.41) is 10.6. The predicted octanol–water partition coefficient (Wildman–Crippen LogP) is -0.716. The van der Waals surface area contributed by atoms with Crippen molar-refractivity contribution in [2.24, 2.45) is 0 Å². The third kappa shape index (κ3) is 4.88. The molecule has 0 rings (SSSR count). The average molecular weight is 139 g/mol. The second kappa shape index (κ2) is 5.86. The zero-order chi connectivity index (χ0) is 7.82. The quantitative estimate of drug-likeness (QED) is 0.400. The third-order valence-corrected chi connectivity index (χ3v) is 0.784. The van der Waals surface area contributed by atoms with E-state index >= 15 is 0 Å². The van der Waals surface area contributed by atoms with Crippen molar-refractivity contribution in [2.75, 3.05) is 13.2 Å². The Labute approximate surface area is 59.7 Å². The monoisotopic (exact) mass is 139 g/mol. The lowest BCUT2D eigenvalue weighted by molar-refractivity contribution is -0.115. The molecule has 0 atom stereocenters. The van der Waals surface area contributed by atoms with Crippen LogP contribution < -0.4 is 5.32 Å². The van der Waals surface area contributed by atoms with E-state index in [1.54, 1.807) is 6.08 Å². The van der Waals surface area contributed by atoms with Gasteiger partial charge >= 0.3 is 0 Å². The summed E-state index contributed by atoms with van der Waals surface area (Å²) < 4.78 is 0. The Kier molecular flexibility index (Phi) is 5.12. The molecular weight excluding hydrogens is 130 g/mol. The van der Waals surface area contributed by atoms with Gasteiger partial charge in [-0.05, 0) is 5.92 Å². The molecule has 0 aromatic rings. The van der Waals surface area contributed by atoms with Gasteiger partial charge in [0.25, 0.3) is 5.91 Å². The molecule has 10 heavy (non-hydrogen) atoms. The van der Waals surface area contributed by atoms with Gasteiger partial charge in [-0.2, -0.15) is 0 Å². The number of amides is 1. The first-order chi connectivity index (χ1) is 4.81. The minimum Gasteiger partial charge on any atom is -0.392 e. The van der Waals surface area contributed by atoms with Crippen molar-refractivity contribution in [2.45, 2.75) is 0 Å². The van der Waals surface area contributed by atoms with E-state index in [-0.39, 0.29) is 6.61 Å². The Hall–Kier alpha value is -1.27. The second-order valence-corrected chi connectivity index (χ2v) is 1.51. The Morgan fingerprint density at radius 3 is 2.90 bits per heavy atom. The van der Waals surface area contributed by atoms with Crippen molar-refractivity contribution in [3.8, 4) is 12.3 Å². The fraction of sp³-hybridized carbons (Fsp3) is 0.286. The van der Waals surface area contributed by atoms with Crippen LogP contribution in [0.5, 0.6) is 0 Å². The molecule has 0 spiro atoms. The lowest BCUT2D eigenvalue weighted by atomic mass is 10.5. The standard InChI is InChI=1S/C7H9NO2/c1-2-7(10)8-5-3-4-6-9/h1,3-4,9H,5-6H2,(H,8,10)/b4-3-. The van der Waals surface area contributed by atoms with Crippen molar-refractivity contribution >= 4 is 5.91 Å². The van der Waals surface area contributed by atoms with Crippen LogP contribution in [0.4, 0.5) is 0 Å². The number of carbonyl (C=O) groups is 1. The Balaban J connectivity index is 3.30. The van der Waals surface area contributed by atoms with E-state index in [2.05, 4.69) is 5.32 Å². The summed E-state index contributed by atoms with van der Waals surface area (Å²) in [5.41, 5.74) is 0. The molecular formula is C7H9NO2. The smallest absolute Gasteiger partial charge is 0.295 e. The van der Waals surface area contributed by atoms with Crippen LogP contribution in [0.1, 0.15) is 0 Å². The van der Waals surface area contributed by atoms with E-state index in [4.69, 9.17) is 11.5 Å². The van der Waals surface area contributed by atoms with Gasteiger partial charge in [-0.3, -0.25) is 4.79 Å². The van der Waals surface area contributed by atoms with Gasteiger partial charge in [-0.1, -0.05) is 12.2 Å². The van der Waals surface area contributed by atoms with Crippen molar-refractivity contribution in [3.05, 3.63) is 12.2 Å². The van der Waals surface area contributed by atoms with Gasteiger partial charge in [-0.25, -0.2) is 0 Å². The molecule has 0 aromatic heterocycles. The number of aliphatic hydroxyl groups excluding tert-OH is 1. The van der Waals surface area contributed by atoms with E-state index in [0.29, 0.717) is 6.54 Å².